The van der Waals surface area contributed by atoms with E-state index in [0.29, 0.717) is 5.82 Å². The fourth-order valence-electron chi connectivity index (χ4n) is 0.670. The number of anilines is 1. The fourth-order valence-corrected chi connectivity index (χ4v) is 1.24. The molecule has 84 valence electrons. The van der Waals surface area contributed by atoms with E-state index in [2.05, 4.69) is 14.7 Å². The molecule has 9 heteroatoms. The van der Waals surface area contributed by atoms with Crippen molar-refractivity contribution in [3.8, 4) is 0 Å². The first-order valence-corrected chi connectivity index (χ1v) is 4.56. The number of carbonyl (C=O) groups excluding carboxylic acids is 1. The van der Waals surface area contributed by atoms with Crippen LogP contribution in [0, 0.1) is 6.92 Å². The second kappa shape index (κ2) is 4.43. The van der Waals surface area contributed by atoms with Gasteiger partial charge < -0.3 is 5.32 Å². The molecule has 1 aromatic heterocycles. The molecule has 0 unspecified atom stereocenters. The molecule has 0 spiro atoms. The summed E-state index contributed by atoms with van der Waals surface area (Å²) < 4.78 is 38.8. The zero-order valence-corrected chi connectivity index (χ0v) is 8.37. The van der Waals surface area contributed by atoms with E-state index in [1.165, 1.54) is 0 Å². The average Bonchev–Trinajstić information content (AvgIpc) is 2.47. The maximum Gasteiger partial charge on any atom is 0.405 e. The third kappa shape index (κ3) is 4.58. The Morgan fingerprint density at radius 3 is 2.67 bits per heavy atom. The van der Waals surface area contributed by atoms with E-state index in [-0.39, 0.29) is 5.13 Å². The molecule has 0 atom stereocenters. The van der Waals surface area contributed by atoms with E-state index in [0.717, 1.165) is 11.5 Å². The van der Waals surface area contributed by atoms with Crippen LogP contribution in [0.2, 0.25) is 0 Å². The molecule has 2 amide bonds. The average molecular weight is 240 g/mol. The summed E-state index contributed by atoms with van der Waals surface area (Å²) in [6.07, 6.45) is -4.42. The predicted molar refractivity (Wildman–Crippen MR) is 47.7 cm³/mol. The highest BCUT2D eigenvalue weighted by Gasteiger charge is 2.27. The molecule has 0 saturated heterocycles. The van der Waals surface area contributed by atoms with Crippen LogP contribution >= 0.6 is 11.5 Å². The molecule has 5 nitrogen and oxygen atoms in total. The lowest BCUT2D eigenvalue weighted by atomic mass is 10.6. The summed E-state index contributed by atoms with van der Waals surface area (Å²) in [6, 6.07) is -0.955. The predicted octanol–water partition coefficient (Wildman–Crippen LogP) is 1.53. The monoisotopic (exact) mass is 240 g/mol. The molecule has 0 bridgehead atoms. The van der Waals surface area contributed by atoms with Crippen molar-refractivity contribution in [2.75, 3.05) is 11.9 Å². The fraction of sp³-hybridized carbons (Fsp3) is 0.500. The van der Waals surface area contributed by atoms with Gasteiger partial charge in [-0.15, -0.1) is 0 Å². The van der Waals surface area contributed by atoms with Crippen LogP contribution < -0.4 is 10.6 Å². The number of alkyl halides is 3. The summed E-state index contributed by atoms with van der Waals surface area (Å²) in [4.78, 5) is 14.6. The van der Waals surface area contributed by atoms with Crippen molar-refractivity contribution >= 4 is 22.7 Å². The van der Waals surface area contributed by atoms with Gasteiger partial charge in [-0.05, 0) is 6.92 Å². The third-order valence-corrected chi connectivity index (χ3v) is 1.92. The number of urea groups is 1. The third-order valence-electron chi connectivity index (χ3n) is 1.20. The van der Waals surface area contributed by atoms with Gasteiger partial charge in [0, 0.05) is 11.5 Å². The quantitative estimate of drug-likeness (QED) is 0.823. The molecule has 1 aromatic rings. The van der Waals surface area contributed by atoms with Gasteiger partial charge in [0.15, 0.2) is 0 Å². The largest absolute Gasteiger partial charge is 0.405 e. The van der Waals surface area contributed by atoms with Crippen LogP contribution in [0.1, 0.15) is 5.82 Å². The molecule has 0 aliphatic rings. The van der Waals surface area contributed by atoms with Gasteiger partial charge in [0.05, 0.1) is 0 Å². The smallest absolute Gasteiger partial charge is 0.329 e. The Morgan fingerprint density at radius 2 is 2.20 bits per heavy atom. The maximum absolute atomic E-state index is 11.7. The molecular formula is C6H7F3N4OS. The number of halogens is 3. The second-order valence-corrected chi connectivity index (χ2v) is 3.32. The van der Waals surface area contributed by atoms with Gasteiger partial charge in [0.2, 0.25) is 5.13 Å². The van der Waals surface area contributed by atoms with E-state index in [1.807, 2.05) is 0 Å². The summed E-state index contributed by atoms with van der Waals surface area (Å²) >= 11 is 0.897. The van der Waals surface area contributed by atoms with Gasteiger partial charge in [0.25, 0.3) is 0 Å². The summed E-state index contributed by atoms with van der Waals surface area (Å²) in [7, 11) is 0. The van der Waals surface area contributed by atoms with Crippen LogP contribution in [0.4, 0.5) is 23.1 Å². The zero-order valence-electron chi connectivity index (χ0n) is 7.55. The van der Waals surface area contributed by atoms with Crippen LogP contribution in [0.3, 0.4) is 0 Å². The Balaban J connectivity index is 2.37. The Bertz CT molecular complexity index is 350. The number of nitrogens with one attached hydrogen (secondary N) is 2. The molecule has 1 rings (SSSR count). The Hall–Kier alpha value is -1.38. The molecule has 0 saturated carbocycles. The second-order valence-electron chi connectivity index (χ2n) is 2.57. The lowest BCUT2D eigenvalue weighted by molar-refractivity contribution is -0.122. The van der Waals surface area contributed by atoms with E-state index < -0.39 is 18.8 Å². The van der Waals surface area contributed by atoms with Gasteiger partial charge in [-0.2, -0.15) is 17.5 Å². The highest BCUT2D eigenvalue weighted by atomic mass is 32.1. The van der Waals surface area contributed by atoms with Crippen molar-refractivity contribution in [3.05, 3.63) is 5.82 Å². The van der Waals surface area contributed by atoms with Gasteiger partial charge in [-0.1, -0.05) is 0 Å². The minimum atomic E-state index is -4.42. The highest BCUT2D eigenvalue weighted by Crippen LogP contribution is 2.13. The summed E-state index contributed by atoms with van der Waals surface area (Å²) in [5.74, 6) is 0.450. The number of aryl methyl sites for hydroxylation is 1. The summed E-state index contributed by atoms with van der Waals surface area (Å²) in [6.45, 7) is 0.228. The molecule has 0 aliphatic heterocycles. The van der Waals surface area contributed by atoms with Gasteiger partial charge >= 0.3 is 12.2 Å². The summed E-state index contributed by atoms with van der Waals surface area (Å²) in [5.41, 5.74) is 0. The lowest BCUT2D eigenvalue weighted by Gasteiger charge is -2.07. The molecule has 0 aromatic carbocycles. The number of amides is 2. The Kier molecular flexibility index (Phi) is 3.45. The first kappa shape index (κ1) is 11.7. The number of carbonyl (C=O) groups is 1. The van der Waals surface area contributed by atoms with Crippen LogP contribution in [0.25, 0.3) is 0 Å². The van der Waals surface area contributed by atoms with Crippen molar-refractivity contribution in [2.24, 2.45) is 0 Å². The Labute approximate surface area is 86.9 Å². The zero-order chi connectivity index (χ0) is 11.5. The van der Waals surface area contributed by atoms with E-state index in [4.69, 9.17) is 0 Å². The molecule has 15 heavy (non-hydrogen) atoms. The van der Waals surface area contributed by atoms with Crippen molar-refractivity contribution in [1.82, 2.24) is 14.7 Å². The number of aromatic nitrogens is 2. The first-order chi connectivity index (χ1) is 6.87. The van der Waals surface area contributed by atoms with Gasteiger partial charge in [-0.25, -0.2) is 9.78 Å². The molecular weight excluding hydrogens is 233 g/mol. The molecule has 1 heterocycles. The molecule has 2 N–H and O–H groups in total. The van der Waals surface area contributed by atoms with Crippen molar-refractivity contribution in [3.63, 3.8) is 0 Å². The first-order valence-electron chi connectivity index (χ1n) is 3.79. The lowest BCUT2D eigenvalue weighted by Crippen LogP contribution is -2.36. The van der Waals surface area contributed by atoms with Crippen LogP contribution in [-0.2, 0) is 0 Å². The van der Waals surface area contributed by atoms with Crippen molar-refractivity contribution < 1.29 is 18.0 Å². The maximum atomic E-state index is 11.7. The van der Waals surface area contributed by atoms with Gasteiger partial charge in [-0.3, -0.25) is 5.32 Å². The standard InChI is InChI=1S/C6H7F3N4OS/c1-3-11-5(15-13-3)12-4(14)10-2-6(7,8)9/h2H2,1H3,(H2,10,11,12,13,14). The number of nitrogens with zero attached hydrogens (tertiary/aromatic N) is 2. The summed E-state index contributed by atoms with van der Waals surface area (Å²) in [5, 5.41) is 3.93. The normalized spacial score (nSPS) is 11.2. The minimum absolute atomic E-state index is 0.159. The molecule has 0 aliphatic carbocycles. The number of hydrogen-bond donors (Lipinski definition) is 2. The topological polar surface area (TPSA) is 66.9 Å². The molecule has 0 fully saturated rings. The van der Waals surface area contributed by atoms with Crippen LogP contribution in [0.15, 0.2) is 0 Å². The SMILES string of the molecule is Cc1nsc(NC(=O)NCC(F)(F)F)n1. The van der Waals surface area contributed by atoms with Gasteiger partial charge in [0.1, 0.15) is 12.4 Å². The molecule has 0 radical (unpaired) electrons. The number of hydrogen-bond acceptors (Lipinski definition) is 4. The van der Waals surface area contributed by atoms with Crippen molar-refractivity contribution in [1.29, 1.82) is 0 Å². The van der Waals surface area contributed by atoms with E-state index in [9.17, 15) is 18.0 Å². The van der Waals surface area contributed by atoms with E-state index in [1.54, 1.807) is 12.2 Å². The Morgan fingerprint density at radius 1 is 1.53 bits per heavy atom. The number of rotatable bonds is 2. The highest BCUT2D eigenvalue weighted by molar-refractivity contribution is 7.09. The van der Waals surface area contributed by atoms with Crippen LogP contribution in [-0.4, -0.2) is 28.1 Å². The van der Waals surface area contributed by atoms with Crippen LogP contribution in [0.5, 0.6) is 0 Å². The van der Waals surface area contributed by atoms with E-state index >= 15 is 0 Å². The minimum Gasteiger partial charge on any atom is -0.329 e. The van der Waals surface area contributed by atoms with Crippen molar-refractivity contribution in [2.45, 2.75) is 13.1 Å².